The molecule has 0 bridgehead atoms. The Balaban J connectivity index is 1.29. The smallest absolute Gasteiger partial charge is 0.251 e. The van der Waals surface area contributed by atoms with Crippen molar-refractivity contribution in [1.82, 2.24) is 15.5 Å². The third kappa shape index (κ3) is 6.84. The number of rotatable bonds is 9. The van der Waals surface area contributed by atoms with Crippen LogP contribution in [0.1, 0.15) is 35.0 Å². The summed E-state index contributed by atoms with van der Waals surface area (Å²) in [4.78, 5) is 42.1. The number of ether oxygens (including phenoxy) is 1. The normalized spacial score (nSPS) is 17.7. The lowest BCUT2D eigenvalue weighted by Gasteiger charge is -2.28. The van der Waals surface area contributed by atoms with Crippen molar-refractivity contribution >= 4 is 39.7 Å². The SMILES string of the molecule is CC1CCC(C(=O)NCc2cc(S(C)=N)cs2)N1C(=O)CNC(=O)c1ccc(Oc2ccccc2)cc1. The molecule has 2 heterocycles. The minimum Gasteiger partial charge on any atom is -0.457 e. The van der Waals surface area contributed by atoms with Crippen molar-refractivity contribution < 1.29 is 19.1 Å². The van der Waals surface area contributed by atoms with E-state index in [-0.39, 0.29) is 30.3 Å². The van der Waals surface area contributed by atoms with Crippen molar-refractivity contribution in [2.45, 2.75) is 43.3 Å². The van der Waals surface area contributed by atoms with Gasteiger partial charge in [0.05, 0.1) is 13.1 Å². The van der Waals surface area contributed by atoms with Gasteiger partial charge in [0.1, 0.15) is 17.5 Å². The van der Waals surface area contributed by atoms with Crippen molar-refractivity contribution in [2.24, 2.45) is 0 Å². The van der Waals surface area contributed by atoms with Crippen LogP contribution in [0, 0.1) is 4.78 Å². The number of amides is 3. The third-order valence-electron chi connectivity index (χ3n) is 6.17. The molecule has 1 aliphatic heterocycles. The minimum absolute atomic E-state index is 0.0896. The molecule has 0 saturated carbocycles. The minimum atomic E-state index is -0.567. The van der Waals surface area contributed by atoms with Gasteiger partial charge in [-0.05, 0) is 68.5 Å². The highest BCUT2D eigenvalue weighted by atomic mass is 32.2. The molecule has 0 radical (unpaired) electrons. The Morgan fingerprint density at radius 1 is 1.05 bits per heavy atom. The van der Waals surface area contributed by atoms with E-state index in [1.807, 2.05) is 55.0 Å². The van der Waals surface area contributed by atoms with Crippen molar-refractivity contribution in [3.8, 4) is 11.5 Å². The van der Waals surface area contributed by atoms with E-state index in [9.17, 15) is 14.4 Å². The summed E-state index contributed by atoms with van der Waals surface area (Å²) in [6.45, 7) is 2.10. The molecule has 3 N–H and O–H groups in total. The zero-order valence-electron chi connectivity index (χ0n) is 20.7. The molecule has 10 heteroatoms. The van der Waals surface area contributed by atoms with Gasteiger partial charge in [-0.1, -0.05) is 28.9 Å². The van der Waals surface area contributed by atoms with Crippen LogP contribution in [0.2, 0.25) is 0 Å². The maximum Gasteiger partial charge on any atom is 0.251 e. The summed E-state index contributed by atoms with van der Waals surface area (Å²) in [7, 11) is -0.567. The van der Waals surface area contributed by atoms with Gasteiger partial charge in [0.25, 0.3) is 5.91 Å². The van der Waals surface area contributed by atoms with Crippen molar-refractivity contribution in [3.05, 3.63) is 76.5 Å². The quantitative estimate of drug-likeness (QED) is 0.376. The first-order valence-electron chi connectivity index (χ1n) is 12.0. The molecule has 0 spiro atoms. The van der Waals surface area contributed by atoms with Crippen LogP contribution in [0.15, 0.2) is 70.9 Å². The Morgan fingerprint density at radius 2 is 1.76 bits per heavy atom. The first kappa shape index (κ1) is 26.6. The van der Waals surface area contributed by atoms with Crippen molar-refractivity contribution in [1.29, 1.82) is 4.78 Å². The monoisotopic (exact) mass is 538 g/mol. The van der Waals surface area contributed by atoms with Gasteiger partial charge < -0.3 is 20.3 Å². The number of para-hydroxylation sites is 1. The molecule has 1 saturated heterocycles. The summed E-state index contributed by atoms with van der Waals surface area (Å²) >= 11 is 1.52. The molecule has 3 aromatic rings. The molecule has 3 amide bonds. The largest absolute Gasteiger partial charge is 0.457 e. The number of hydrogen-bond donors (Lipinski definition) is 3. The number of carbonyl (C=O) groups is 3. The van der Waals surface area contributed by atoms with Crippen LogP contribution >= 0.6 is 11.3 Å². The van der Waals surface area contributed by atoms with E-state index in [0.717, 1.165) is 16.2 Å². The fourth-order valence-electron chi connectivity index (χ4n) is 4.22. The molecule has 0 aliphatic carbocycles. The van der Waals surface area contributed by atoms with E-state index < -0.39 is 16.7 Å². The summed E-state index contributed by atoms with van der Waals surface area (Å²) in [6, 6.07) is 17.3. The van der Waals surface area contributed by atoms with E-state index in [4.69, 9.17) is 9.52 Å². The number of hydrogen-bond acceptors (Lipinski definition) is 6. The number of nitrogens with one attached hydrogen (secondary N) is 3. The van der Waals surface area contributed by atoms with E-state index in [1.54, 1.807) is 29.2 Å². The topological polar surface area (TPSA) is 112 Å². The van der Waals surface area contributed by atoms with Gasteiger partial charge in [-0.3, -0.25) is 19.2 Å². The van der Waals surface area contributed by atoms with Crippen molar-refractivity contribution in [2.75, 3.05) is 12.8 Å². The van der Waals surface area contributed by atoms with Crippen LogP contribution in [-0.2, 0) is 26.8 Å². The van der Waals surface area contributed by atoms with Crippen molar-refractivity contribution in [3.63, 3.8) is 0 Å². The second kappa shape index (κ2) is 12.2. The fraction of sp³-hybridized carbons (Fsp3) is 0.296. The summed E-state index contributed by atoms with van der Waals surface area (Å²) in [5, 5.41) is 7.55. The molecule has 4 rings (SSSR count). The van der Waals surface area contributed by atoms with Crippen LogP contribution in [0.25, 0.3) is 0 Å². The average Bonchev–Trinajstić information content (AvgIpc) is 3.54. The number of nitrogens with zero attached hydrogens (tertiary/aromatic N) is 1. The number of carbonyl (C=O) groups excluding carboxylic acids is 3. The van der Waals surface area contributed by atoms with E-state index in [0.29, 0.717) is 30.0 Å². The maximum atomic E-state index is 13.0. The summed E-state index contributed by atoms with van der Waals surface area (Å²) in [5.74, 6) is 0.448. The first-order valence-corrected chi connectivity index (χ1v) is 14.5. The zero-order chi connectivity index (χ0) is 26.4. The van der Waals surface area contributed by atoms with Gasteiger partial charge in [0.2, 0.25) is 11.8 Å². The van der Waals surface area contributed by atoms with Crippen LogP contribution in [0.3, 0.4) is 0 Å². The first-order chi connectivity index (χ1) is 17.8. The van der Waals surface area contributed by atoms with Crippen LogP contribution in [-0.4, -0.2) is 47.5 Å². The zero-order valence-corrected chi connectivity index (χ0v) is 22.4. The highest BCUT2D eigenvalue weighted by Gasteiger charge is 2.38. The summed E-state index contributed by atoms with van der Waals surface area (Å²) in [5.41, 5.74) is 0.412. The van der Waals surface area contributed by atoms with Gasteiger partial charge >= 0.3 is 0 Å². The fourth-order valence-corrected chi connectivity index (χ4v) is 6.02. The maximum absolute atomic E-state index is 13.0. The molecule has 37 heavy (non-hydrogen) atoms. The molecule has 1 fully saturated rings. The Kier molecular flexibility index (Phi) is 8.73. The Hall–Kier alpha value is -3.50. The number of benzene rings is 2. The molecule has 194 valence electrons. The van der Waals surface area contributed by atoms with Gasteiger partial charge in [0, 0.05) is 26.8 Å². The molecule has 3 unspecified atom stereocenters. The van der Waals surface area contributed by atoms with E-state index >= 15 is 0 Å². The molecular weight excluding hydrogens is 508 g/mol. The number of likely N-dealkylation sites (tertiary alicyclic amines) is 1. The predicted octanol–water partition coefficient (Wildman–Crippen LogP) is 4.34. The van der Waals surface area contributed by atoms with Crippen LogP contribution in [0.5, 0.6) is 11.5 Å². The van der Waals surface area contributed by atoms with Crippen LogP contribution < -0.4 is 15.4 Å². The standard InChI is InChI=1S/C27H30N4O4S2/c1-18-8-13-24(27(34)29-15-22-14-23(17-36-22)37(2)28)31(18)25(32)16-30-26(33)19-9-11-21(12-10-19)35-20-6-4-3-5-7-20/h3-7,9-12,14,17-18,24,28H,8,13,15-16H2,1-2H3,(H,29,34)(H,30,33). The summed E-state index contributed by atoms with van der Waals surface area (Å²) < 4.78 is 13.6. The average molecular weight is 539 g/mol. The van der Waals surface area contributed by atoms with E-state index in [1.165, 1.54) is 11.3 Å². The molecule has 1 aliphatic rings. The lowest BCUT2D eigenvalue weighted by Crippen LogP contribution is -2.51. The van der Waals surface area contributed by atoms with Gasteiger partial charge in [0.15, 0.2) is 0 Å². The molecular formula is C27H30N4O4S2. The van der Waals surface area contributed by atoms with Gasteiger partial charge in [-0.2, -0.15) is 0 Å². The second-order valence-corrected chi connectivity index (χ2v) is 11.3. The Labute approximate surface area is 222 Å². The van der Waals surface area contributed by atoms with Gasteiger partial charge in [-0.15, -0.1) is 11.3 Å². The Bertz CT molecular complexity index is 1280. The highest BCUT2D eigenvalue weighted by molar-refractivity contribution is 7.85. The summed E-state index contributed by atoms with van der Waals surface area (Å²) in [6.07, 6.45) is 3.14. The van der Waals surface area contributed by atoms with Gasteiger partial charge in [-0.25, -0.2) is 0 Å². The lowest BCUT2D eigenvalue weighted by molar-refractivity contribution is -0.139. The highest BCUT2D eigenvalue weighted by Crippen LogP contribution is 2.25. The third-order valence-corrected chi connectivity index (χ3v) is 8.20. The molecule has 2 aromatic carbocycles. The number of thiophene rings is 1. The predicted molar refractivity (Wildman–Crippen MR) is 145 cm³/mol. The molecule has 1 aromatic heterocycles. The molecule has 8 nitrogen and oxygen atoms in total. The van der Waals surface area contributed by atoms with Crippen LogP contribution in [0.4, 0.5) is 0 Å². The second-order valence-electron chi connectivity index (χ2n) is 8.84. The van der Waals surface area contributed by atoms with E-state index in [2.05, 4.69) is 10.6 Å². The lowest BCUT2D eigenvalue weighted by atomic mass is 10.2. The molecule has 3 atom stereocenters. The Morgan fingerprint density at radius 3 is 2.43 bits per heavy atom.